The molecule has 1 aliphatic heterocycles. The molecule has 0 atom stereocenters. The van der Waals surface area contributed by atoms with Crippen LogP contribution in [-0.4, -0.2) is 27.4 Å². The maximum atomic E-state index is 13.0. The first-order valence-electron chi connectivity index (χ1n) is 6.85. The molecule has 0 aromatic heterocycles. The van der Waals surface area contributed by atoms with E-state index in [2.05, 4.69) is 0 Å². The highest BCUT2D eigenvalue weighted by atomic mass is 32.2. The molecule has 0 N–H and O–H groups in total. The molecule has 1 aliphatic rings. The van der Waals surface area contributed by atoms with Crippen molar-refractivity contribution in [1.29, 1.82) is 0 Å². The molecule has 3 rings (SSSR count). The summed E-state index contributed by atoms with van der Waals surface area (Å²) in [5.41, 5.74) is 2.02. The van der Waals surface area contributed by atoms with Crippen molar-refractivity contribution in [2.75, 3.05) is 12.3 Å². The zero-order valence-electron chi connectivity index (χ0n) is 11.4. The van der Waals surface area contributed by atoms with E-state index >= 15 is 0 Å². The van der Waals surface area contributed by atoms with Crippen molar-refractivity contribution in [3.8, 4) is 0 Å². The van der Waals surface area contributed by atoms with Crippen LogP contribution in [0.1, 0.15) is 17.0 Å². The van der Waals surface area contributed by atoms with Crippen LogP contribution in [0.3, 0.4) is 0 Å². The molecule has 2 nitrogen and oxygen atoms in total. The Labute approximate surface area is 134 Å². The molecule has 1 saturated heterocycles. The number of amides is 1. The van der Waals surface area contributed by atoms with E-state index in [1.165, 1.54) is 0 Å². The molecule has 1 fully saturated rings. The molecule has 1 amide bonds. The van der Waals surface area contributed by atoms with Gasteiger partial charge in [0.15, 0.2) is 0 Å². The van der Waals surface area contributed by atoms with Gasteiger partial charge in [0.25, 0.3) is 0 Å². The minimum Gasteiger partial charge on any atom is -0.296 e. The number of thiocarbonyl (C=S) groups is 1. The van der Waals surface area contributed by atoms with Crippen molar-refractivity contribution >= 4 is 34.2 Å². The van der Waals surface area contributed by atoms with E-state index < -0.39 is 0 Å². The highest BCUT2D eigenvalue weighted by Gasteiger charge is 2.32. The topological polar surface area (TPSA) is 20.3 Å². The molecule has 0 bridgehead atoms. The summed E-state index contributed by atoms with van der Waals surface area (Å²) in [5.74, 6) is 0.674. The van der Waals surface area contributed by atoms with Crippen molar-refractivity contribution in [2.24, 2.45) is 0 Å². The van der Waals surface area contributed by atoms with Gasteiger partial charge in [0.2, 0.25) is 5.91 Å². The van der Waals surface area contributed by atoms with Crippen LogP contribution >= 0.6 is 24.0 Å². The van der Waals surface area contributed by atoms with Gasteiger partial charge in [-0.1, -0.05) is 84.6 Å². The lowest BCUT2D eigenvalue weighted by molar-refractivity contribution is -0.127. The smallest absolute Gasteiger partial charge is 0.240 e. The zero-order chi connectivity index (χ0) is 14.7. The van der Waals surface area contributed by atoms with Gasteiger partial charge in [-0.3, -0.25) is 9.69 Å². The van der Waals surface area contributed by atoms with Gasteiger partial charge >= 0.3 is 0 Å². The predicted octanol–water partition coefficient (Wildman–Crippen LogP) is 3.68. The van der Waals surface area contributed by atoms with Crippen molar-refractivity contribution in [2.45, 2.75) is 5.92 Å². The lowest BCUT2D eigenvalue weighted by Gasteiger charge is -2.23. The van der Waals surface area contributed by atoms with Gasteiger partial charge in [-0.2, -0.15) is 0 Å². The van der Waals surface area contributed by atoms with Gasteiger partial charge in [0.05, 0.1) is 5.92 Å². The highest BCUT2D eigenvalue weighted by Crippen LogP contribution is 2.30. The summed E-state index contributed by atoms with van der Waals surface area (Å²) in [4.78, 5) is 14.7. The number of hydrogen-bond donors (Lipinski definition) is 0. The minimum atomic E-state index is -0.288. The first-order chi connectivity index (χ1) is 10.3. The van der Waals surface area contributed by atoms with Crippen LogP contribution in [0.5, 0.6) is 0 Å². The van der Waals surface area contributed by atoms with Gasteiger partial charge in [0.1, 0.15) is 4.32 Å². The van der Waals surface area contributed by atoms with Gasteiger partial charge < -0.3 is 0 Å². The Kier molecular flexibility index (Phi) is 4.36. The summed E-state index contributed by atoms with van der Waals surface area (Å²) in [6, 6.07) is 19.8. The molecule has 0 saturated carbocycles. The zero-order valence-corrected chi connectivity index (χ0v) is 13.1. The molecule has 106 valence electrons. The fourth-order valence-corrected chi connectivity index (χ4v) is 3.73. The lowest BCUT2D eigenvalue weighted by Crippen LogP contribution is -2.35. The lowest BCUT2D eigenvalue weighted by atomic mass is 9.90. The molecule has 2 aromatic rings. The van der Waals surface area contributed by atoms with Crippen LogP contribution in [-0.2, 0) is 4.79 Å². The normalized spacial score (nSPS) is 14.7. The predicted molar refractivity (Wildman–Crippen MR) is 91.5 cm³/mol. The quantitative estimate of drug-likeness (QED) is 0.806. The molecule has 0 radical (unpaired) electrons. The Morgan fingerprint density at radius 2 is 1.52 bits per heavy atom. The summed E-state index contributed by atoms with van der Waals surface area (Å²) in [7, 11) is 0. The van der Waals surface area contributed by atoms with Gasteiger partial charge in [-0.15, -0.1) is 0 Å². The standard InChI is InChI=1S/C17H15NOS2/c19-16(18-11-12-21-17(18)20)15(13-7-3-1-4-8-13)14-9-5-2-6-10-14/h1-10,15H,11-12H2. The summed E-state index contributed by atoms with van der Waals surface area (Å²) in [5, 5.41) is 0. The Balaban J connectivity index is 2.00. The largest absolute Gasteiger partial charge is 0.296 e. The maximum Gasteiger partial charge on any atom is 0.240 e. The number of nitrogens with zero attached hydrogens (tertiary/aromatic N) is 1. The SMILES string of the molecule is O=C(C(c1ccccc1)c1ccccc1)N1CCSC1=S. The van der Waals surface area contributed by atoms with Crippen LogP contribution < -0.4 is 0 Å². The van der Waals surface area contributed by atoms with Gasteiger partial charge in [-0.05, 0) is 11.1 Å². The number of carbonyl (C=O) groups is 1. The third-order valence-electron chi connectivity index (χ3n) is 3.54. The molecular weight excluding hydrogens is 298 g/mol. The minimum absolute atomic E-state index is 0.0717. The highest BCUT2D eigenvalue weighted by molar-refractivity contribution is 8.23. The average Bonchev–Trinajstić information content (AvgIpc) is 2.96. The molecule has 0 unspecified atom stereocenters. The van der Waals surface area contributed by atoms with Gasteiger partial charge in [0, 0.05) is 12.3 Å². The molecule has 2 aromatic carbocycles. The van der Waals surface area contributed by atoms with E-state index in [1.54, 1.807) is 16.7 Å². The van der Waals surface area contributed by atoms with Crippen molar-refractivity contribution in [3.05, 3.63) is 71.8 Å². The maximum absolute atomic E-state index is 13.0. The van der Waals surface area contributed by atoms with Crippen molar-refractivity contribution < 1.29 is 4.79 Å². The van der Waals surface area contributed by atoms with E-state index in [-0.39, 0.29) is 11.8 Å². The van der Waals surface area contributed by atoms with Crippen LogP contribution in [0.2, 0.25) is 0 Å². The van der Waals surface area contributed by atoms with E-state index in [9.17, 15) is 4.79 Å². The molecule has 0 aliphatic carbocycles. The van der Waals surface area contributed by atoms with Crippen LogP contribution in [0.25, 0.3) is 0 Å². The van der Waals surface area contributed by atoms with E-state index in [0.717, 1.165) is 16.9 Å². The van der Waals surface area contributed by atoms with E-state index in [0.29, 0.717) is 10.9 Å². The fraction of sp³-hybridized carbons (Fsp3) is 0.176. The fourth-order valence-electron chi connectivity index (χ4n) is 2.52. The average molecular weight is 313 g/mol. The van der Waals surface area contributed by atoms with Crippen LogP contribution in [0.15, 0.2) is 60.7 Å². The summed E-state index contributed by atoms with van der Waals surface area (Å²) in [6.45, 7) is 0.707. The Hall–Kier alpha value is -1.65. The van der Waals surface area contributed by atoms with Crippen molar-refractivity contribution in [1.82, 2.24) is 4.90 Å². The molecule has 21 heavy (non-hydrogen) atoms. The third kappa shape index (κ3) is 3.01. The molecular formula is C17H15NOS2. The number of benzene rings is 2. The number of thioether (sulfide) groups is 1. The number of carbonyl (C=O) groups excluding carboxylic acids is 1. The van der Waals surface area contributed by atoms with E-state index in [4.69, 9.17) is 12.2 Å². The number of hydrogen-bond acceptors (Lipinski definition) is 3. The summed E-state index contributed by atoms with van der Waals surface area (Å²) < 4.78 is 0.692. The monoisotopic (exact) mass is 313 g/mol. The summed E-state index contributed by atoms with van der Waals surface area (Å²) >= 11 is 6.88. The van der Waals surface area contributed by atoms with Gasteiger partial charge in [-0.25, -0.2) is 0 Å². The van der Waals surface area contributed by atoms with Crippen LogP contribution in [0, 0.1) is 0 Å². The second-order valence-corrected chi connectivity index (χ2v) is 6.59. The second kappa shape index (κ2) is 6.41. The Morgan fingerprint density at radius 1 is 1.00 bits per heavy atom. The third-order valence-corrected chi connectivity index (χ3v) is 4.97. The van der Waals surface area contributed by atoms with Crippen LogP contribution in [0.4, 0.5) is 0 Å². The Morgan fingerprint density at radius 3 is 1.95 bits per heavy atom. The second-order valence-electron chi connectivity index (χ2n) is 4.86. The number of rotatable bonds is 3. The molecule has 4 heteroatoms. The first-order valence-corrected chi connectivity index (χ1v) is 8.25. The molecule has 0 spiro atoms. The summed E-state index contributed by atoms with van der Waals surface area (Å²) in [6.07, 6.45) is 0. The van der Waals surface area contributed by atoms with E-state index in [1.807, 2.05) is 60.7 Å². The first kappa shape index (κ1) is 14.3. The Bertz CT molecular complexity index is 603. The molecule has 1 heterocycles. The van der Waals surface area contributed by atoms with Crippen molar-refractivity contribution in [3.63, 3.8) is 0 Å².